The highest BCUT2D eigenvalue weighted by Gasteiger charge is 2.25. The smallest absolute Gasteiger partial charge is 0.259 e. The number of benzene rings is 1. The second-order valence-electron chi connectivity index (χ2n) is 9.86. The van der Waals surface area contributed by atoms with Gasteiger partial charge in [-0.25, -0.2) is 0 Å². The van der Waals surface area contributed by atoms with Crippen molar-refractivity contribution in [1.29, 1.82) is 0 Å². The fourth-order valence-electron chi connectivity index (χ4n) is 4.74. The van der Waals surface area contributed by atoms with Crippen LogP contribution in [0.15, 0.2) is 53.7 Å². The first-order valence-corrected chi connectivity index (χ1v) is 12.5. The average molecular weight is 475 g/mol. The standard InChI is InChI=1S/C28H34N4O3/c1-20(2)16-31-18-23(26(33)24(19-31)28(35)32-14-6-4-5-7-15-32)27(34)30(3)17-21-10-8-12-25-22(21)11-9-13-29-25/h8-13,18-20H,4-7,14-17H2,1-3H3. The maximum absolute atomic E-state index is 13.5. The Morgan fingerprint density at radius 1 is 1.00 bits per heavy atom. The van der Waals surface area contributed by atoms with Gasteiger partial charge in [0.1, 0.15) is 11.1 Å². The van der Waals surface area contributed by atoms with Crippen molar-refractivity contribution in [2.45, 2.75) is 52.6 Å². The van der Waals surface area contributed by atoms with Gasteiger partial charge < -0.3 is 14.4 Å². The zero-order chi connectivity index (χ0) is 24.9. The molecule has 0 radical (unpaired) electrons. The molecule has 0 spiro atoms. The Balaban J connectivity index is 1.67. The highest BCUT2D eigenvalue weighted by molar-refractivity contribution is 5.99. The lowest BCUT2D eigenvalue weighted by molar-refractivity contribution is 0.0758. The van der Waals surface area contributed by atoms with Crippen LogP contribution >= 0.6 is 0 Å². The monoisotopic (exact) mass is 474 g/mol. The van der Waals surface area contributed by atoms with Crippen LogP contribution in [0, 0.1) is 5.92 Å². The predicted octanol–water partition coefficient (Wildman–Crippen LogP) is 4.34. The summed E-state index contributed by atoms with van der Waals surface area (Å²) in [7, 11) is 1.69. The SMILES string of the molecule is CC(C)Cn1cc(C(=O)N(C)Cc2cccc3ncccc23)c(=O)c(C(=O)N2CCCCCC2)c1. The molecule has 0 bridgehead atoms. The van der Waals surface area contributed by atoms with E-state index in [1.165, 1.54) is 0 Å². The Morgan fingerprint density at radius 2 is 1.71 bits per heavy atom. The number of aromatic nitrogens is 2. The van der Waals surface area contributed by atoms with E-state index < -0.39 is 5.43 Å². The number of carbonyl (C=O) groups is 2. The lowest BCUT2D eigenvalue weighted by atomic mass is 10.1. The van der Waals surface area contributed by atoms with E-state index in [2.05, 4.69) is 18.8 Å². The molecule has 2 amide bonds. The summed E-state index contributed by atoms with van der Waals surface area (Å²) in [4.78, 5) is 48.1. The van der Waals surface area contributed by atoms with Crippen LogP contribution in [0.1, 0.15) is 65.8 Å². The van der Waals surface area contributed by atoms with E-state index in [9.17, 15) is 14.4 Å². The van der Waals surface area contributed by atoms with E-state index in [1.54, 1.807) is 35.4 Å². The zero-order valence-electron chi connectivity index (χ0n) is 20.9. The number of hydrogen-bond acceptors (Lipinski definition) is 4. The third-order valence-electron chi connectivity index (χ3n) is 6.50. The van der Waals surface area contributed by atoms with Crippen molar-refractivity contribution in [3.8, 4) is 0 Å². The molecule has 1 saturated heterocycles. The molecule has 2 aromatic heterocycles. The number of likely N-dealkylation sites (tertiary alicyclic amines) is 1. The minimum Gasteiger partial charge on any atom is -0.352 e. The van der Waals surface area contributed by atoms with Crippen molar-refractivity contribution < 1.29 is 9.59 Å². The summed E-state index contributed by atoms with van der Waals surface area (Å²) in [6, 6.07) is 9.66. The van der Waals surface area contributed by atoms with E-state index in [4.69, 9.17) is 0 Å². The van der Waals surface area contributed by atoms with Gasteiger partial charge in [-0.3, -0.25) is 19.4 Å². The van der Waals surface area contributed by atoms with E-state index >= 15 is 0 Å². The Bertz CT molecular complexity index is 1270. The summed E-state index contributed by atoms with van der Waals surface area (Å²) in [6.45, 7) is 6.37. The molecular formula is C28H34N4O3. The second-order valence-corrected chi connectivity index (χ2v) is 9.86. The molecule has 7 heteroatoms. The fraction of sp³-hybridized carbons (Fsp3) is 0.429. The normalized spacial score (nSPS) is 14.2. The first-order chi connectivity index (χ1) is 16.8. The van der Waals surface area contributed by atoms with Gasteiger partial charge in [0.05, 0.1) is 5.52 Å². The second kappa shape index (κ2) is 10.8. The van der Waals surface area contributed by atoms with Crippen molar-refractivity contribution in [2.75, 3.05) is 20.1 Å². The highest BCUT2D eigenvalue weighted by atomic mass is 16.2. The number of fused-ring (bicyclic) bond motifs is 1. The molecule has 7 nitrogen and oxygen atoms in total. The van der Waals surface area contributed by atoms with Crippen molar-refractivity contribution in [1.82, 2.24) is 19.4 Å². The zero-order valence-corrected chi connectivity index (χ0v) is 20.9. The Kier molecular flexibility index (Phi) is 7.63. The summed E-state index contributed by atoms with van der Waals surface area (Å²) >= 11 is 0. The Labute approximate surface area is 206 Å². The maximum Gasteiger partial charge on any atom is 0.259 e. The van der Waals surface area contributed by atoms with Crippen molar-refractivity contribution in [3.63, 3.8) is 0 Å². The van der Waals surface area contributed by atoms with Crippen LogP contribution in [-0.4, -0.2) is 51.3 Å². The molecule has 0 saturated carbocycles. The fourth-order valence-corrected chi connectivity index (χ4v) is 4.74. The summed E-state index contributed by atoms with van der Waals surface area (Å²) < 4.78 is 1.82. The van der Waals surface area contributed by atoms with Crippen LogP contribution in [0.3, 0.4) is 0 Å². The maximum atomic E-state index is 13.5. The molecule has 0 N–H and O–H groups in total. The van der Waals surface area contributed by atoms with Gasteiger partial charge in [-0.05, 0) is 36.5 Å². The molecular weight excluding hydrogens is 440 g/mol. The van der Waals surface area contributed by atoms with Crippen LogP contribution < -0.4 is 5.43 Å². The number of carbonyl (C=O) groups excluding carboxylic acids is 2. The molecule has 1 fully saturated rings. The molecule has 1 aliphatic heterocycles. The van der Waals surface area contributed by atoms with E-state index in [0.29, 0.717) is 32.1 Å². The predicted molar refractivity (Wildman–Crippen MR) is 137 cm³/mol. The molecule has 184 valence electrons. The summed E-state index contributed by atoms with van der Waals surface area (Å²) in [5.41, 5.74) is 1.44. The van der Waals surface area contributed by atoms with Crippen molar-refractivity contribution >= 4 is 22.7 Å². The number of pyridine rings is 2. The lowest BCUT2D eigenvalue weighted by Gasteiger charge is -2.22. The minimum atomic E-state index is -0.490. The topological polar surface area (TPSA) is 75.5 Å². The van der Waals surface area contributed by atoms with Crippen LogP contribution in [0.2, 0.25) is 0 Å². The molecule has 1 aromatic carbocycles. The van der Waals surface area contributed by atoms with E-state index in [0.717, 1.165) is 42.1 Å². The quantitative estimate of drug-likeness (QED) is 0.533. The van der Waals surface area contributed by atoms with Crippen molar-refractivity contribution in [2.24, 2.45) is 5.92 Å². The van der Waals surface area contributed by atoms with Gasteiger partial charge in [0, 0.05) is 57.2 Å². The number of hydrogen-bond donors (Lipinski definition) is 0. The van der Waals surface area contributed by atoms with Gasteiger partial charge in [0.25, 0.3) is 11.8 Å². The average Bonchev–Trinajstić information content (AvgIpc) is 3.14. The molecule has 0 unspecified atom stereocenters. The number of amides is 2. The van der Waals surface area contributed by atoms with Gasteiger partial charge in [0.15, 0.2) is 0 Å². The van der Waals surface area contributed by atoms with Gasteiger partial charge >= 0.3 is 0 Å². The highest BCUT2D eigenvalue weighted by Crippen LogP contribution is 2.19. The number of rotatable bonds is 6. The minimum absolute atomic E-state index is 0.0344. The molecule has 4 rings (SSSR count). The van der Waals surface area contributed by atoms with Crippen LogP contribution in [0.4, 0.5) is 0 Å². The van der Waals surface area contributed by atoms with Gasteiger partial charge in [0.2, 0.25) is 5.43 Å². The van der Waals surface area contributed by atoms with E-state index in [-0.39, 0.29) is 22.9 Å². The third kappa shape index (κ3) is 5.61. The lowest BCUT2D eigenvalue weighted by Crippen LogP contribution is -2.38. The Hall–Kier alpha value is -3.48. The molecule has 0 aliphatic carbocycles. The summed E-state index contributed by atoms with van der Waals surface area (Å²) in [5.74, 6) is -0.367. The largest absolute Gasteiger partial charge is 0.352 e. The van der Waals surface area contributed by atoms with E-state index in [1.807, 2.05) is 34.9 Å². The first-order valence-electron chi connectivity index (χ1n) is 12.5. The van der Waals surface area contributed by atoms with Gasteiger partial charge in [-0.15, -0.1) is 0 Å². The van der Waals surface area contributed by atoms with Crippen LogP contribution in [0.25, 0.3) is 10.9 Å². The molecule has 0 atom stereocenters. The Morgan fingerprint density at radius 3 is 2.43 bits per heavy atom. The number of nitrogens with zero attached hydrogens (tertiary/aromatic N) is 4. The third-order valence-corrected chi connectivity index (χ3v) is 6.50. The first kappa shape index (κ1) is 24.6. The van der Waals surface area contributed by atoms with Crippen LogP contribution in [-0.2, 0) is 13.1 Å². The van der Waals surface area contributed by atoms with Crippen molar-refractivity contribution in [3.05, 3.63) is 75.8 Å². The summed E-state index contributed by atoms with van der Waals surface area (Å²) in [6.07, 6.45) is 9.03. The molecule has 35 heavy (non-hydrogen) atoms. The van der Waals surface area contributed by atoms with Gasteiger partial charge in [-0.1, -0.05) is 44.9 Å². The van der Waals surface area contributed by atoms with Gasteiger partial charge in [-0.2, -0.15) is 0 Å². The molecule has 3 heterocycles. The molecule has 1 aliphatic rings. The molecule has 3 aromatic rings. The van der Waals surface area contributed by atoms with Crippen LogP contribution in [0.5, 0.6) is 0 Å². The summed E-state index contributed by atoms with van der Waals surface area (Å²) in [5, 5.41) is 0.969.